The van der Waals surface area contributed by atoms with Gasteiger partial charge in [0, 0.05) is 0 Å². The Morgan fingerprint density at radius 1 is 1.15 bits per heavy atom. The van der Waals surface area contributed by atoms with E-state index in [2.05, 4.69) is 26.2 Å². The number of carbonyl (C=O) groups excluding carboxylic acids is 1. The molecule has 3 rings (SSSR count). The summed E-state index contributed by atoms with van der Waals surface area (Å²) in [5, 5.41) is 12.6. The van der Waals surface area contributed by atoms with Gasteiger partial charge in [-0.15, -0.1) is 0 Å². The number of benzene rings is 1. The molecule has 5 heteroatoms. The first kappa shape index (κ1) is 19.3. The van der Waals surface area contributed by atoms with E-state index in [0.717, 1.165) is 18.4 Å². The molecule has 4 nitrogen and oxygen atoms in total. The molecule has 1 aromatic heterocycles. The Balaban J connectivity index is 1.83. The van der Waals surface area contributed by atoms with Crippen LogP contribution in [0.3, 0.4) is 0 Å². The van der Waals surface area contributed by atoms with Crippen LogP contribution in [-0.4, -0.2) is 10.9 Å². The number of carbonyl (C=O) groups is 1. The highest BCUT2D eigenvalue weighted by molar-refractivity contribution is 9.10. The molecule has 0 saturated heterocycles. The van der Waals surface area contributed by atoms with Gasteiger partial charge in [-0.25, -0.2) is 4.98 Å². The first-order valence-electron chi connectivity index (χ1n) is 9.27. The van der Waals surface area contributed by atoms with Gasteiger partial charge in [-0.05, 0) is 58.5 Å². The largest absolute Gasteiger partial charge is 0.344 e. The van der Waals surface area contributed by atoms with E-state index >= 15 is 0 Å². The number of amides is 1. The zero-order valence-electron chi connectivity index (χ0n) is 15.1. The molecule has 1 unspecified atom stereocenters. The highest BCUT2D eigenvalue weighted by Crippen LogP contribution is 2.34. The monoisotopic (exact) mass is 423 g/mol. The van der Waals surface area contributed by atoms with E-state index in [1.54, 1.807) is 12.1 Å². The van der Waals surface area contributed by atoms with Crippen LogP contribution in [0, 0.1) is 17.2 Å². The predicted molar refractivity (Wildman–Crippen MR) is 109 cm³/mol. The van der Waals surface area contributed by atoms with Gasteiger partial charge in [0.25, 0.3) is 5.91 Å². The summed E-state index contributed by atoms with van der Waals surface area (Å²) in [6.45, 7) is 0. The van der Waals surface area contributed by atoms with Crippen molar-refractivity contribution in [3.8, 4) is 6.07 Å². The lowest BCUT2D eigenvalue weighted by Crippen LogP contribution is -2.35. The minimum absolute atomic E-state index is 0.0670. The van der Waals surface area contributed by atoms with Crippen LogP contribution in [-0.2, 0) is 4.79 Å². The van der Waals surface area contributed by atoms with Gasteiger partial charge in [-0.1, -0.05) is 55.7 Å². The molecular weight excluding hydrogens is 402 g/mol. The van der Waals surface area contributed by atoms with Gasteiger partial charge in [0.05, 0.1) is 11.7 Å². The molecule has 0 aliphatic heterocycles. The highest BCUT2D eigenvalue weighted by atomic mass is 79.9. The van der Waals surface area contributed by atoms with Crippen molar-refractivity contribution < 1.29 is 4.79 Å². The molecule has 1 fully saturated rings. The SMILES string of the molecule is N#CC(=Cc1cccc(Br)n1)C(=O)NC(c1ccccc1)C1CCCCC1. The third-order valence-corrected chi connectivity index (χ3v) is 5.40. The molecule has 1 amide bonds. The highest BCUT2D eigenvalue weighted by Gasteiger charge is 2.27. The molecule has 1 aromatic carbocycles. The standard InChI is InChI=1S/C22H22BrN3O/c23-20-13-7-12-19(25-20)14-18(15-24)22(27)26-21(16-8-3-1-4-9-16)17-10-5-2-6-11-17/h1,3-4,7-9,12-14,17,21H,2,5-6,10-11H2,(H,26,27). The second-order valence-corrected chi connectivity index (χ2v) is 7.63. The first-order valence-corrected chi connectivity index (χ1v) is 10.1. The summed E-state index contributed by atoms with van der Waals surface area (Å²) in [6, 6.07) is 17.4. The number of pyridine rings is 1. The summed E-state index contributed by atoms with van der Waals surface area (Å²) >= 11 is 3.31. The Hall–Kier alpha value is -2.45. The maximum absolute atomic E-state index is 12.8. The lowest BCUT2D eigenvalue weighted by molar-refractivity contribution is -0.118. The molecule has 1 N–H and O–H groups in total. The summed E-state index contributed by atoms with van der Waals surface area (Å²) in [7, 11) is 0. The number of halogens is 1. The number of hydrogen-bond donors (Lipinski definition) is 1. The van der Waals surface area contributed by atoms with Crippen LogP contribution >= 0.6 is 15.9 Å². The molecule has 138 valence electrons. The van der Waals surface area contributed by atoms with Crippen molar-refractivity contribution in [1.82, 2.24) is 10.3 Å². The number of rotatable bonds is 5. The number of aromatic nitrogens is 1. The van der Waals surface area contributed by atoms with Crippen LogP contribution in [0.15, 0.2) is 58.7 Å². The fourth-order valence-corrected chi connectivity index (χ4v) is 3.98. The third-order valence-electron chi connectivity index (χ3n) is 4.96. The molecule has 0 spiro atoms. The minimum Gasteiger partial charge on any atom is -0.344 e. The number of nitrogens with one attached hydrogen (secondary N) is 1. The van der Waals surface area contributed by atoms with E-state index < -0.39 is 0 Å². The maximum atomic E-state index is 12.8. The van der Waals surface area contributed by atoms with Crippen molar-refractivity contribution in [2.75, 3.05) is 0 Å². The van der Waals surface area contributed by atoms with Crippen molar-refractivity contribution in [2.24, 2.45) is 5.92 Å². The Morgan fingerprint density at radius 2 is 1.89 bits per heavy atom. The molecule has 1 atom stereocenters. The van der Waals surface area contributed by atoms with Gasteiger partial charge in [-0.2, -0.15) is 5.26 Å². The Morgan fingerprint density at radius 3 is 2.56 bits per heavy atom. The van der Waals surface area contributed by atoms with E-state index in [9.17, 15) is 10.1 Å². The molecule has 1 aliphatic carbocycles. The van der Waals surface area contributed by atoms with Crippen LogP contribution in [0.2, 0.25) is 0 Å². The second-order valence-electron chi connectivity index (χ2n) is 6.81. The Labute approximate surface area is 168 Å². The Bertz CT molecular complexity index is 851. The van der Waals surface area contributed by atoms with Gasteiger partial charge < -0.3 is 5.32 Å². The number of nitrogens with zero attached hydrogens (tertiary/aromatic N) is 2. The summed E-state index contributed by atoms with van der Waals surface area (Å²) < 4.78 is 0.665. The fraction of sp³-hybridized carbons (Fsp3) is 0.318. The maximum Gasteiger partial charge on any atom is 0.262 e. The van der Waals surface area contributed by atoms with E-state index in [4.69, 9.17) is 0 Å². The van der Waals surface area contributed by atoms with Gasteiger partial charge in [-0.3, -0.25) is 4.79 Å². The molecule has 1 aliphatic rings. The van der Waals surface area contributed by atoms with Crippen molar-refractivity contribution in [1.29, 1.82) is 5.26 Å². The van der Waals surface area contributed by atoms with Gasteiger partial charge in [0.1, 0.15) is 16.2 Å². The lowest BCUT2D eigenvalue weighted by Gasteiger charge is -2.31. The summed E-state index contributed by atoms with van der Waals surface area (Å²) in [5.41, 5.74) is 1.73. The quantitative estimate of drug-likeness (QED) is 0.408. The van der Waals surface area contributed by atoms with Gasteiger partial charge in [0.15, 0.2) is 0 Å². The van der Waals surface area contributed by atoms with Crippen molar-refractivity contribution >= 4 is 27.9 Å². The van der Waals surface area contributed by atoms with E-state index in [0.29, 0.717) is 16.2 Å². The molecule has 27 heavy (non-hydrogen) atoms. The molecule has 1 saturated carbocycles. The van der Waals surface area contributed by atoms with Crippen molar-refractivity contribution in [3.63, 3.8) is 0 Å². The average molecular weight is 424 g/mol. The van der Waals surface area contributed by atoms with E-state index in [1.807, 2.05) is 42.5 Å². The lowest BCUT2D eigenvalue weighted by atomic mass is 9.81. The molecular formula is C22H22BrN3O. The van der Waals surface area contributed by atoms with Crippen molar-refractivity contribution in [2.45, 2.75) is 38.1 Å². The van der Waals surface area contributed by atoms with Crippen LogP contribution in [0.25, 0.3) is 6.08 Å². The van der Waals surface area contributed by atoms with E-state index in [1.165, 1.54) is 25.3 Å². The summed E-state index contributed by atoms with van der Waals surface area (Å²) in [4.78, 5) is 17.1. The van der Waals surface area contributed by atoms with E-state index in [-0.39, 0.29) is 17.5 Å². The topological polar surface area (TPSA) is 65.8 Å². The Kier molecular flexibility index (Phi) is 6.78. The zero-order chi connectivity index (χ0) is 19.1. The minimum atomic E-state index is -0.348. The van der Waals surface area contributed by atoms with Crippen LogP contribution in [0.4, 0.5) is 0 Å². The normalized spacial score (nSPS) is 16.4. The zero-order valence-corrected chi connectivity index (χ0v) is 16.7. The van der Waals surface area contributed by atoms with Crippen LogP contribution < -0.4 is 5.32 Å². The molecule has 2 aromatic rings. The third kappa shape index (κ3) is 5.27. The molecule has 0 bridgehead atoms. The van der Waals surface area contributed by atoms with Gasteiger partial charge in [0.2, 0.25) is 0 Å². The number of nitriles is 1. The number of hydrogen-bond acceptors (Lipinski definition) is 3. The van der Waals surface area contributed by atoms with Gasteiger partial charge >= 0.3 is 0 Å². The first-order chi connectivity index (χ1) is 13.2. The summed E-state index contributed by atoms with van der Waals surface area (Å²) in [5.74, 6) is 0.0488. The molecule has 1 heterocycles. The molecule has 0 radical (unpaired) electrons. The van der Waals surface area contributed by atoms with Crippen LogP contribution in [0.5, 0.6) is 0 Å². The fourth-order valence-electron chi connectivity index (χ4n) is 3.62. The smallest absolute Gasteiger partial charge is 0.262 e. The van der Waals surface area contributed by atoms with Crippen molar-refractivity contribution in [3.05, 3.63) is 70.0 Å². The van der Waals surface area contributed by atoms with Crippen LogP contribution in [0.1, 0.15) is 49.4 Å². The average Bonchev–Trinajstić information content (AvgIpc) is 2.71. The predicted octanol–water partition coefficient (Wildman–Crippen LogP) is 5.19. The second kappa shape index (κ2) is 9.48. The summed E-state index contributed by atoms with van der Waals surface area (Å²) in [6.07, 6.45) is 7.35.